The number of nitrogens with zero attached hydrogens (tertiary/aromatic N) is 3. The largest absolute Gasteiger partial charge is 0.368 e. The van der Waals surface area contributed by atoms with Crippen molar-refractivity contribution in [1.29, 1.82) is 0 Å². The number of nitrogens with two attached hydrogens (primary N) is 1. The number of carbonyl (C=O) groups excluding carboxylic acids is 1. The zero-order valence-electron chi connectivity index (χ0n) is 10.5. The summed E-state index contributed by atoms with van der Waals surface area (Å²) in [4.78, 5) is 21.3. The average molecular weight is 289 g/mol. The lowest BCUT2D eigenvalue weighted by atomic mass is 10.3. The molecule has 0 aromatic carbocycles. The lowest BCUT2D eigenvalue weighted by Crippen LogP contribution is -2.35. The van der Waals surface area contributed by atoms with E-state index in [0.717, 1.165) is 19.4 Å². The van der Waals surface area contributed by atoms with Crippen molar-refractivity contribution in [3.05, 3.63) is 11.2 Å². The van der Waals surface area contributed by atoms with Gasteiger partial charge in [-0.1, -0.05) is 36.7 Å². The normalized spacial score (nSPS) is 10.4. The summed E-state index contributed by atoms with van der Waals surface area (Å²) in [5, 5.41) is 0.957. The predicted molar refractivity (Wildman–Crippen MR) is 75.1 cm³/mol. The van der Waals surface area contributed by atoms with Crippen LogP contribution in [0.25, 0.3) is 0 Å². The molecule has 1 aromatic heterocycles. The molecule has 0 saturated heterocycles. The van der Waals surface area contributed by atoms with Gasteiger partial charge in [-0.3, -0.25) is 4.79 Å². The van der Waals surface area contributed by atoms with E-state index in [2.05, 4.69) is 16.9 Å². The van der Waals surface area contributed by atoms with Crippen LogP contribution in [-0.4, -0.2) is 35.2 Å². The maximum Gasteiger partial charge on any atom is 0.236 e. The quantitative estimate of drug-likeness (QED) is 0.472. The molecule has 100 valence electrons. The number of rotatable bonds is 7. The molecule has 0 aliphatic heterocycles. The zero-order valence-corrected chi connectivity index (χ0v) is 12.1. The number of thioether (sulfide) groups is 1. The molecule has 0 aliphatic rings. The molecule has 2 N–H and O–H groups in total. The number of hydrogen-bond donors (Lipinski definition) is 1. The highest BCUT2D eigenvalue weighted by Gasteiger charge is 2.12. The SMILES string of the molecule is CCCCN(CC(N)=O)c1cc(Cl)nc(SC)n1. The first-order valence-corrected chi connectivity index (χ1v) is 7.29. The maximum absolute atomic E-state index is 11.1. The van der Waals surface area contributed by atoms with Gasteiger partial charge >= 0.3 is 0 Å². The molecule has 0 radical (unpaired) electrons. The fraction of sp³-hybridized carbons (Fsp3) is 0.545. The van der Waals surface area contributed by atoms with Crippen molar-refractivity contribution in [2.75, 3.05) is 24.2 Å². The molecule has 7 heteroatoms. The Hall–Kier alpha value is -1.01. The Morgan fingerprint density at radius 2 is 2.28 bits per heavy atom. The van der Waals surface area contributed by atoms with Gasteiger partial charge in [-0.25, -0.2) is 9.97 Å². The zero-order chi connectivity index (χ0) is 13.5. The van der Waals surface area contributed by atoms with Gasteiger partial charge in [0.1, 0.15) is 11.0 Å². The van der Waals surface area contributed by atoms with Gasteiger partial charge in [-0.15, -0.1) is 0 Å². The smallest absolute Gasteiger partial charge is 0.236 e. The van der Waals surface area contributed by atoms with E-state index in [1.165, 1.54) is 11.8 Å². The Kier molecular flexibility index (Phi) is 6.21. The third kappa shape index (κ3) is 4.70. The van der Waals surface area contributed by atoms with Crippen LogP contribution in [0.3, 0.4) is 0 Å². The number of amides is 1. The molecule has 0 saturated carbocycles. The van der Waals surface area contributed by atoms with Gasteiger partial charge in [0, 0.05) is 12.6 Å². The lowest BCUT2D eigenvalue weighted by molar-refractivity contribution is -0.116. The summed E-state index contributed by atoms with van der Waals surface area (Å²) in [6, 6.07) is 1.65. The number of hydrogen-bond acceptors (Lipinski definition) is 5. The highest BCUT2D eigenvalue weighted by atomic mass is 35.5. The molecule has 0 aliphatic carbocycles. The Bertz CT molecular complexity index is 416. The van der Waals surface area contributed by atoms with Gasteiger partial charge < -0.3 is 10.6 Å². The molecule has 0 bridgehead atoms. The molecule has 0 spiro atoms. The Morgan fingerprint density at radius 3 is 2.83 bits per heavy atom. The van der Waals surface area contributed by atoms with E-state index >= 15 is 0 Å². The van der Waals surface area contributed by atoms with Crippen molar-refractivity contribution in [2.45, 2.75) is 24.9 Å². The van der Waals surface area contributed by atoms with E-state index in [9.17, 15) is 4.79 Å². The molecule has 1 rings (SSSR count). The summed E-state index contributed by atoms with van der Waals surface area (Å²) >= 11 is 7.34. The van der Waals surface area contributed by atoms with Gasteiger partial charge in [0.05, 0.1) is 6.54 Å². The van der Waals surface area contributed by atoms with E-state index < -0.39 is 0 Å². The number of carbonyl (C=O) groups is 1. The number of unbranched alkanes of at least 4 members (excludes halogenated alkanes) is 1. The summed E-state index contributed by atoms with van der Waals surface area (Å²) < 4.78 is 0. The summed E-state index contributed by atoms with van der Waals surface area (Å²) in [5.74, 6) is 0.262. The summed E-state index contributed by atoms with van der Waals surface area (Å²) in [5.41, 5.74) is 5.25. The van der Waals surface area contributed by atoms with Crippen LogP contribution in [0.15, 0.2) is 11.2 Å². The fourth-order valence-electron chi connectivity index (χ4n) is 1.45. The molecule has 0 unspecified atom stereocenters. The van der Waals surface area contributed by atoms with Crippen LogP contribution in [0.1, 0.15) is 19.8 Å². The molecule has 0 fully saturated rings. The van der Waals surface area contributed by atoms with Crippen molar-refractivity contribution in [1.82, 2.24) is 9.97 Å². The van der Waals surface area contributed by atoms with Crippen LogP contribution >= 0.6 is 23.4 Å². The second kappa shape index (κ2) is 7.43. The number of aromatic nitrogens is 2. The van der Waals surface area contributed by atoms with Crippen LogP contribution in [0.2, 0.25) is 5.15 Å². The molecule has 1 aromatic rings. The first-order chi connectivity index (χ1) is 8.56. The number of halogens is 1. The van der Waals surface area contributed by atoms with Crippen LogP contribution in [0.5, 0.6) is 0 Å². The molecule has 1 amide bonds. The van der Waals surface area contributed by atoms with Crippen molar-refractivity contribution < 1.29 is 4.79 Å². The van der Waals surface area contributed by atoms with E-state index in [-0.39, 0.29) is 12.5 Å². The highest BCUT2D eigenvalue weighted by molar-refractivity contribution is 7.98. The van der Waals surface area contributed by atoms with E-state index in [1.807, 2.05) is 11.2 Å². The first-order valence-electron chi connectivity index (χ1n) is 5.68. The summed E-state index contributed by atoms with van der Waals surface area (Å²) in [6.07, 6.45) is 3.87. The number of primary amides is 1. The number of anilines is 1. The van der Waals surface area contributed by atoms with E-state index in [1.54, 1.807) is 6.07 Å². The minimum absolute atomic E-state index is 0.140. The standard InChI is InChI=1S/C11H17ClN4OS/c1-3-4-5-16(7-9(13)17)10-6-8(12)14-11(15-10)18-2/h6H,3-5,7H2,1-2H3,(H2,13,17). The van der Waals surface area contributed by atoms with Crippen molar-refractivity contribution in [3.8, 4) is 0 Å². The summed E-state index contributed by atoms with van der Waals surface area (Å²) in [7, 11) is 0. The third-order valence-electron chi connectivity index (χ3n) is 2.30. The molecule has 5 nitrogen and oxygen atoms in total. The molecular formula is C11H17ClN4OS. The molecule has 1 heterocycles. The van der Waals surface area contributed by atoms with Gasteiger partial charge in [-0.2, -0.15) is 0 Å². The third-order valence-corrected chi connectivity index (χ3v) is 3.04. The Labute approximate surface area is 116 Å². The first kappa shape index (κ1) is 15.0. The van der Waals surface area contributed by atoms with E-state index in [4.69, 9.17) is 17.3 Å². The average Bonchev–Trinajstić information content (AvgIpc) is 2.33. The molecule has 18 heavy (non-hydrogen) atoms. The Balaban J connectivity index is 2.95. The van der Waals surface area contributed by atoms with Crippen molar-refractivity contribution in [3.63, 3.8) is 0 Å². The lowest BCUT2D eigenvalue weighted by Gasteiger charge is -2.22. The second-order valence-corrected chi connectivity index (χ2v) is 4.94. The fourth-order valence-corrected chi connectivity index (χ4v) is 2.05. The van der Waals surface area contributed by atoms with Gasteiger partial charge in [0.25, 0.3) is 0 Å². The minimum atomic E-state index is -0.383. The Morgan fingerprint density at radius 1 is 1.56 bits per heavy atom. The maximum atomic E-state index is 11.1. The van der Waals surface area contributed by atoms with Gasteiger partial charge in [0.2, 0.25) is 5.91 Å². The molecular weight excluding hydrogens is 272 g/mol. The molecule has 0 atom stereocenters. The van der Waals surface area contributed by atoms with E-state index in [0.29, 0.717) is 16.1 Å². The van der Waals surface area contributed by atoms with Crippen LogP contribution in [0.4, 0.5) is 5.82 Å². The van der Waals surface area contributed by atoms with Crippen LogP contribution in [0, 0.1) is 0 Å². The minimum Gasteiger partial charge on any atom is -0.368 e. The van der Waals surface area contributed by atoms with Gasteiger partial charge in [0.15, 0.2) is 5.16 Å². The highest BCUT2D eigenvalue weighted by Crippen LogP contribution is 2.20. The van der Waals surface area contributed by atoms with Gasteiger partial charge in [-0.05, 0) is 12.7 Å². The van der Waals surface area contributed by atoms with Crippen molar-refractivity contribution >= 4 is 35.1 Å². The topological polar surface area (TPSA) is 72.1 Å². The predicted octanol–water partition coefficient (Wildman–Crippen LogP) is 1.94. The second-order valence-electron chi connectivity index (χ2n) is 3.78. The monoisotopic (exact) mass is 288 g/mol. The summed E-state index contributed by atoms with van der Waals surface area (Å²) in [6.45, 7) is 2.95. The van der Waals surface area contributed by atoms with Crippen molar-refractivity contribution in [2.24, 2.45) is 5.73 Å². The van der Waals surface area contributed by atoms with Crippen LogP contribution < -0.4 is 10.6 Å². The van der Waals surface area contributed by atoms with Crippen LogP contribution in [-0.2, 0) is 4.79 Å².